The van der Waals surface area contributed by atoms with Crippen LogP contribution in [-0.4, -0.2) is 36.8 Å². The largest absolute Gasteiger partial charge is 0.496 e. The zero-order valence-electron chi connectivity index (χ0n) is 12.3. The van der Waals surface area contributed by atoms with E-state index in [2.05, 4.69) is 30.9 Å². The van der Waals surface area contributed by atoms with Crippen molar-refractivity contribution in [2.24, 2.45) is 5.92 Å². The third kappa shape index (κ3) is 3.48. The fourth-order valence-corrected chi connectivity index (χ4v) is 3.16. The Morgan fingerprint density at radius 3 is 2.58 bits per heavy atom. The molecule has 3 nitrogen and oxygen atoms in total. The first-order chi connectivity index (χ1) is 9.13. The van der Waals surface area contributed by atoms with Gasteiger partial charge >= 0.3 is 0 Å². The van der Waals surface area contributed by atoms with Gasteiger partial charge in [0.25, 0.3) is 0 Å². The molecule has 19 heavy (non-hydrogen) atoms. The van der Waals surface area contributed by atoms with Gasteiger partial charge in [0.05, 0.1) is 7.11 Å². The molecule has 1 aromatic carbocycles. The smallest absolute Gasteiger partial charge is 0.124 e. The van der Waals surface area contributed by atoms with Crippen LogP contribution in [0, 0.1) is 19.8 Å². The number of piperidine rings is 1. The van der Waals surface area contributed by atoms with E-state index >= 15 is 0 Å². The molecule has 1 aliphatic rings. The van der Waals surface area contributed by atoms with Gasteiger partial charge in [-0.15, -0.1) is 0 Å². The third-order valence-corrected chi connectivity index (χ3v) is 3.99. The minimum Gasteiger partial charge on any atom is -0.496 e. The van der Waals surface area contributed by atoms with E-state index < -0.39 is 0 Å². The van der Waals surface area contributed by atoms with E-state index in [4.69, 9.17) is 4.74 Å². The van der Waals surface area contributed by atoms with Crippen LogP contribution >= 0.6 is 0 Å². The van der Waals surface area contributed by atoms with Crippen molar-refractivity contribution in [2.45, 2.75) is 33.2 Å². The molecule has 1 saturated heterocycles. The molecule has 3 heteroatoms. The first-order valence-corrected chi connectivity index (χ1v) is 7.11. The van der Waals surface area contributed by atoms with Gasteiger partial charge in [-0.1, -0.05) is 12.1 Å². The van der Waals surface area contributed by atoms with Crippen LogP contribution < -0.4 is 4.74 Å². The summed E-state index contributed by atoms with van der Waals surface area (Å²) in [5.41, 5.74) is 3.75. The molecule has 1 aliphatic heterocycles. The number of hydrogen-bond donors (Lipinski definition) is 1. The minimum atomic E-state index is 0.317. The Labute approximate surface area is 116 Å². The van der Waals surface area contributed by atoms with Crippen LogP contribution in [0.25, 0.3) is 0 Å². The number of nitrogens with zero attached hydrogens (tertiary/aromatic N) is 1. The predicted octanol–water partition coefficient (Wildman–Crippen LogP) is 2.52. The summed E-state index contributed by atoms with van der Waals surface area (Å²) in [6.07, 6.45) is 2.35. The highest BCUT2D eigenvalue weighted by Gasteiger charge is 2.19. The highest BCUT2D eigenvalue weighted by molar-refractivity contribution is 5.43. The van der Waals surface area contributed by atoms with Crippen molar-refractivity contribution in [1.82, 2.24) is 4.90 Å². The quantitative estimate of drug-likeness (QED) is 0.906. The molecule has 0 aromatic heterocycles. The molecule has 1 fully saturated rings. The summed E-state index contributed by atoms with van der Waals surface area (Å²) >= 11 is 0. The Morgan fingerprint density at radius 1 is 1.32 bits per heavy atom. The van der Waals surface area contributed by atoms with Crippen molar-refractivity contribution in [3.63, 3.8) is 0 Å². The van der Waals surface area contributed by atoms with Gasteiger partial charge in [0, 0.05) is 19.7 Å². The monoisotopic (exact) mass is 263 g/mol. The summed E-state index contributed by atoms with van der Waals surface area (Å²) in [5, 5.41) is 9.29. The standard InChI is InChI=1S/C16H25NO2/c1-12-7-15(8-13(2)16(12)19-3)10-17-6-4-5-14(9-17)11-18/h7-8,14,18H,4-6,9-11H2,1-3H3. The Bertz CT molecular complexity index is 408. The molecule has 0 spiro atoms. The lowest BCUT2D eigenvalue weighted by molar-refractivity contribution is 0.116. The minimum absolute atomic E-state index is 0.317. The van der Waals surface area contributed by atoms with Crippen LogP contribution in [0.1, 0.15) is 29.5 Å². The van der Waals surface area contributed by atoms with Gasteiger partial charge in [0.1, 0.15) is 5.75 Å². The van der Waals surface area contributed by atoms with E-state index in [1.165, 1.54) is 23.1 Å². The summed E-state index contributed by atoms with van der Waals surface area (Å²) in [5.74, 6) is 1.45. The lowest BCUT2D eigenvalue weighted by Crippen LogP contribution is -2.36. The predicted molar refractivity (Wildman–Crippen MR) is 77.6 cm³/mol. The number of ether oxygens (including phenoxy) is 1. The average Bonchev–Trinajstić information content (AvgIpc) is 2.38. The molecule has 1 heterocycles. The number of aryl methyl sites for hydroxylation is 2. The molecule has 106 valence electrons. The molecule has 0 radical (unpaired) electrons. The van der Waals surface area contributed by atoms with E-state index in [9.17, 15) is 5.11 Å². The molecular weight excluding hydrogens is 238 g/mol. The molecule has 0 aliphatic carbocycles. The molecule has 2 rings (SSSR count). The zero-order valence-corrected chi connectivity index (χ0v) is 12.3. The summed E-state index contributed by atoms with van der Waals surface area (Å²) in [6.45, 7) is 7.64. The Morgan fingerprint density at radius 2 is 2.00 bits per heavy atom. The second-order valence-electron chi connectivity index (χ2n) is 5.69. The maximum absolute atomic E-state index is 9.29. The zero-order chi connectivity index (χ0) is 13.8. The number of rotatable bonds is 4. The number of hydrogen-bond acceptors (Lipinski definition) is 3. The first kappa shape index (κ1) is 14.4. The first-order valence-electron chi connectivity index (χ1n) is 7.11. The van der Waals surface area contributed by atoms with Crippen molar-refractivity contribution >= 4 is 0 Å². The maximum atomic E-state index is 9.29. The van der Waals surface area contributed by atoms with Gasteiger partial charge in [0.2, 0.25) is 0 Å². The van der Waals surface area contributed by atoms with E-state index in [-0.39, 0.29) is 0 Å². The number of likely N-dealkylation sites (tertiary alicyclic amines) is 1. The van der Waals surface area contributed by atoms with Crippen molar-refractivity contribution in [2.75, 3.05) is 26.8 Å². The van der Waals surface area contributed by atoms with Crippen molar-refractivity contribution < 1.29 is 9.84 Å². The molecular formula is C16H25NO2. The fraction of sp³-hybridized carbons (Fsp3) is 0.625. The lowest BCUT2D eigenvalue weighted by atomic mass is 9.98. The highest BCUT2D eigenvalue weighted by Crippen LogP contribution is 2.26. The average molecular weight is 263 g/mol. The Kier molecular flexibility index (Phi) is 4.83. The van der Waals surface area contributed by atoms with Crippen LogP contribution in [0.2, 0.25) is 0 Å². The van der Waals surface area contributed by atoms with E-state index in [0.717, 1.165) is 31.8 Å². The lowest BCUT2D eigenvalue weighted by Gasteiger charge is -2.32. The molecule has 1 aromatic rings. The second-order valence-corrected chi connectivity index (χ2v) is 5.69. The van der Waals surface area contributed by atoms with E-state index in [1.54, 1.807) is 7.11 Å². The molecule has 1 atom stereocenters. The van der Waals surface area contributed by atoms with Gasteiger partial charge in [-0.25, -0.2) is 0 Å². The fourth-order valence-electron chi connectivity index (χ4n) is 3.16. The number of methoxy groups -OCH3 is 1. The van der Waals surface area contributed by atoms with Gasteiger partial charge < -0.3 is 9.84 Å². The van der Waals surface area contributed by atoms with E-state index in [0.29, 0.717) is 12.5 Å². The molecule has 0 bridgehead atoms. The number of benzene rings is 1. The molecule has 0 amide bonds. The van der Waals surface area contributed by atoms with Gasteiger partial charge in [-0.05, 0) is 55.8 Å². The topological polar surface area (TPSA) is 32.7 Å². The van der Waals surface area contributed by atoms with Gasteiger partial charge in [0.15, 0.2) is 0 Å². The van der Waals surface area contributed by atoms with Gasteiger partial charge in [-0.3, -0.25) is 4.90 Å². The van der Waals surface area contributed by atoms with Crippen LogP contribution in [-0.2, 0) is 6.54 Å². The highest BCUT2D eigenvalue weighted by atomic mass is 16.5. The maximum Gasteiger partial charge on any atom is 0.124 e. The van der Waals surface area contributed by atoms with Crippen LogP contribution in [0.5, 0.6) is 5.75 Å². The van der Waals surface area contributed by atoms with E-state index in [1.807, 2.05) is 0 Å². The van der Waals surface area contributed by atoms with Gasteiger partial charge in [-0.2, -0.15) is 0 Å². The Hall–Kier alpha value is -1.06. The SMILES string of the molecule is COc1c(C)cc(CN2CCCC(CO)C2)cc1C. The number of aliphatic hydroxyl groups is 1. The summed E-state index contributed by atoms with van der Waals surface area (Å²) < 4.78 is 5.41. The van der Waals surface area contributed by atoms with Crippen LogP contribution in [0.3, 0.4) is 0 Å². The third-order valence-electron chi connectivity index (χ3n) is 3.99. The van der Waals surface area contributed by atoms with Crippen molar-refractivity contribution in [1.29, 1.82) is 0 Å². The summed E-state index contributed by atoms with van der Waals surface area (Å²) in [4.78, 5) is 2.45. The molecule has 1 N–H and O–H groups in total. The second kappa shape index (κ2) is 6.40. The molecule has 1 unspecified atom stereocenters. The summed E-state index contributed by atoms with van der Waals surface area (Å²) in [6, 6.07) is 4.43. The van der Waals surface area contributed by atoms with Crippen LogP contribution in [0.4, 0.5) is 0 Å². The van der Waals surface area contributed by atoms with Crippen molar-refractivity contribution in [3.8, 4) is 5.75 Å². The Balaban J connectivity index is 2.07. The van der Waals surface area contributed by atoms with Crippen molar-refractivity contribution in [3.05, 3.63) is 28.8 Å². The summed E-state index contributed by atoms with van der Waals surface area (Å²) in [7, 11) is 1.73. The normalized spacial score (nSPS) is 20.5. The number of aliphatic hydroxyl groups excluding tert-OH is 1. The van der Waals surface area contributed by atoms with Crippen LogP contribution in [0.15, 0.2) is 12.1 Å². The molecule has 0 saturated carbocycles.